The Labute approximate surface area is 182 Å². The lowest BCUT2D eigenvalue weighted by Gasteiger charge is -2.00. The number of anilines is 1. The highest BCUT2D eigenvalue weighted by Gasteiger charge is 2.20. The molecule has 0 saturated carbocycles. The summed E-state index contributed by atoms with van der Waals surface area (Å²) in [5, 5.41) is 23.7. The number of para-hydroxylation sites is 1. The quantitative estimate of drug-likeness (QED) is 0.242. The first-order valence-corrected chi connectivity index (χ1v) is 10.6. The number of rotatable bonds is 7. The number of hydrogen-bond acceptors (Lipinski definition) is 9. The van der Waals surface area contributed by atoms with Gasteiger partial charge < -0.3 is 9.73 Å². The summed E-state index contributed by atoms with van der Waals surface area (Å²) in [6, 6.07) is 11.9. The molecule has 156 valence electrons. The molecule has 0 unspecified atom stereocenters. The number of aromatic nitrogens is 3. The van der Waals surface area contributed by atoms with Crippen LogP contribution in [-0.2, 0) is 4.79 Å². The molecule has 2 aromatic carbocycles. The Morgan fingerprint density at radius 2 is 1.97 bits per heavy atom. The zero-order valence-electron chi connectivity index (χ0n) is 15.5. The van der Waals surface area contributed by atoms with Gasteiger partial charge in [-0.1, -0.05) is 23.9 Å². The van der Waals surface area contributed by atoms with E-state index >= 15 is 0 Å². The Balaban J connectivity index is 1.36. The first kappa shape index (κ1) is 20.6. The van der Waals surface area contributed by atoms with E-state index in [9.17, 15) is 19.3 Å². The molecule has 0 spiro atoms. The number of thiazole rings is 1. The molecule has 0 atom stereocenters. The number of carbonyl (C=O) groups excluding carboxylic acids is 1. The fraction of sp³-hybridized carbons (Fsp3) is 0.0526. The third-order valence-electron chi connectivity index (χ3n) is 3.95. The average molecular weight is 457 g/mol. The molecule has 0 fully saturated rings. The maximum absolute atomic E-state index is 13.0. The van der Waals surface area contributed by atoms with E-state index in [2.05, 4.69) is 20.5 Å². The molecule has 0 radical (unpaired) electrons. The largest absolute Gasteiger partial charge is 0.411 e. The van der Waals surface area contributed by atoms with Gasteiger partial charge in [0.25, 0.3) is 16.8 Å². The molecular weight excluding hydrogens is 445 g/mol. The molecule has 2 heterocycles. The van der Waals surface area contributed by atoms with Gasteiger partial charge in [-0.25, -0.2) is 9.37 Å². The van der Waals surface area contributed by atoms with Gasteiger partial charge in [-0.05, 0) is 30.3 Å². The summed E-state index contributed by atoms with van der Waals surface area (Å²) < 4.78 is 18.5. The van der Waals surface area contributed by atoms with Crippen molar-refractivity contribution in [1.29, 1.82) is 0 Å². The van der Waals surface area contributed by atoms with Crippen LogP contribution in [0.25, 0.3) is 22.7 Å². The van der Waals surface area contributed by atoms with Crippen LogP contribution in [0.1, 0.15) is 0 Å². The number of nitrogens with zero attached hydrogens (tertiary/aromatic N) is 4. The van der Waals surface area contributed by atoms with Crippen molar-refractivity contribution in [2.45, 2.75) is 5.22 Å². The van der Waals surface area contributed by atoms with Gasteiger partial charge in [0.1, 0.15) is 11.4 Å². The van der Waals surface area contributed by atoms with Crippen molar-refractivity contribution in [3.63, 3.8) is 0 Å². The summed E-state index contributed by atoms with van der Waals surface area (Å²) in [5.41, 5.74) is 1.41. The third-order valence-corrected chi connectivity index (χ3v) is 5.53. The van der Waals surface area contributed by atoms with Gasteiger partial charge in [0, 0.05) is 17.0 Å². The minimum absolute atomic E-state index is 0.000860. The van der Waals surface area contributed by atoms with Crippen molar-refractivity contribution in [3.05, 3.63) is 69.8 Å². The second-order valence-corrected chi connectivity index (χ2v) is 7.81. The molecule has 4 aromatic rings. The number of nitrogens with one attached hydrogen (secondary N) is 1. The van der Waals surface area contributed by atoms with Gasteiger partial charge in [0.15, 0.2) is 5.13 Å². The molecule has 0 aliphatic rings. The van der Waals surface area contributed by atoms with Gasteiger partial charge in [-0.15, -0.1) is 21.5 Å². The fourth-order valence-corrected chi connectivity index (χ4v) is 3.86. The van der Waals surface area contributed by atoms with E-state index in [1.54, 1.807) is 23.6 Å². The SMILES string of the molecule is O=C(CSc1nnc(-c2ccccc2[N+](=O)[O-])o1)Nc1nc(-c2ccc(F)cc2)cs1. The van der Waals surface area contributed by atoms with E-state index in [0.717, 1.165) is 17.3 Å². The van der Waals surface area contributed by atoms with Crippen molar-refractivity contribution < 1.29 is 18.5 Å². The summed E-state index contributed by atoms with van der Waals surface area (Å²) in [6.07, 6.45) is 0. The van der Waals surface area contributed by atoms with Gasteiger partial charge in [0.2, 0.25) is 5.91 Å². The zero-order chi connectivity index (χ0) is 21.8. The summed E-state index contributed by atoms with van der Waals surface area (Å²) >= 11 is 2.24. The van der Waals surface area contributed by atoms with Crippen LogP contribution in [0.2, 0.25) is 0 Å². The monoisotopic (exact) mass is 457 g/mol. The van der Waals surface area contributed by atoms with Gasteiger partial charge in [-0.3, -0.25) is 14.9 Å². The summed E-state index contributed by atoms with van der Waals surface area (Å²) in [6.45, 7) is 0. The van der Waals surface area contributed by atoms with E-state index in [0.29, 0.717) is 10.8 Å². The Morgan fingerprint density at radius 3 is 2.74 bits per heavy atom. The molecule has 0 saturated heterocycles. The van der Waals surface area contributed by atoms with Crippen LogP contribution in [0.3, 0.4) is 0 Å². The Bertz CT molecular complexity index is 1240. The lowest BCUT2D eigenvalue weighted by atomic mass is 10.2. The first-order chi connectivity index (χ1) is 15.0. The molecule has 31 heavy (non-hydrogen) atoms. The minimum atomic E-state index is -0.534. The topological polar surface area (TPSA) is 124 Å². The van der Waals surface area contributed by atoms with E-state index in [-0.39, 0.29) is 39.8 Å². The van der Waals surface area contributed by atoms with Crippen LogP contribution in [0, 0.1) is 15.9 Å². The molecule has 1 amide bonds. The van der Waals surface area contributed by atoms with Gasteiger partial charge in [0.05, 0.1) is 16.4 Å². The van der Waals surface area contributed by atoms with Crippen molar-refractivity contribution in [1.82, 2.24) is 15.2 Å². The molecule has 1 N–H and O–H groups in total. The van der Waals surface area contributed by atoms with Crippen LogP contribution in [0.15, 0.2) is 63.6 Å². The molecule has 12 heteroatoms. The molecular formula is C19H12FN5O4S2. The smallest absolute Gasteiger partial charge is 0.282 e. The zero-order valence-corrected chi connectivity index (χ0v) is 17.2. The van der Waals surface area contributed by atoms with Crippen molar-refractivity contribution in [2.24, 2.45) is 0 Å². The number of benzene rings is 2. The molecule has 2 aromatic heterocycles. The molecule has 9 nitrogen and oxygen atoms in total. The van der Waals surface area contributed by atoms with E-state index < -0.39 is 4.92 Å². The predicted octanol–water partition coefficient (Wildman–Crippen LogP) is 4.64. The Morgan fingerprint density at radius 1 is 1.19 bits per heavy atom. The van der Waals surface area contributed by atoms with E-state index in [1.165, 1.54) is 41.7 Å². The fourth-order valence-electron chi connectivity index (χ4n) is 2.56. The maximum Gasteiger partial charge on any atom is 0.282 e. The minimum Gasteiger partial charge on any atom is -0.411 e. The number of halogens is 1. The third kappa shape index (κ3) is 4.92. The van der Waals surface area contributed by atoms with Crippen LogP contribution in [0.4, 0.5) is 15.2 Å². The lowest BCUT2D eigenvalue weighted by molar-refractivity contribution is -0.384. The summed E-state index contributed by atoms with van der Waals surface area (Å²) in [5.74, 6) is -0.700. The number of hydrogen-bond donors (Lipinski definition) is 1. The van der Waals surface area contributed by atoms with Crippen LogP contribution >= 0.6 is 23.1 Å². The van der Waals surface area contributed by atoms with Crippen molar-refractivity contribution in [2.75, 3.05) is 11.1 Å². The normalized spacial score (nSPS) is 10.7. The molecule has 0 bridgehead atoms. The maximum atomic E-state index is 13.0. The molecule has 0 aliphatic heterocycles. The van der Waals surface area contributed by atoms with Crippen LogP contribution in [-0.4, -0.2) is 31.8 Å². The highest BCUT2D eigenvalue weighted by atomic mass is 32.2. The van der Waals surface area contributed by atoms with Crippen molar-refractivity contribution >= 4 is 39.8 Å². The number of carbonyl (C=O) groups is 1. The van der Waals surface area contributed by atoms with Crippen molar-refractivity contribution in [3.8, 4) is 22.7 Å². The number of thioether (sulfide) groups is 1. The standard InChI is InChI=1S/C19H12FN5O4S2/c20-12-7-5-11(6-8-12)14-9-30-18(21-14)22-16(26)10-31-19-24-23-17(29-19)13-3-1-2-4-15(13)25(27)28/h1-9H,10H2,(H,21,22,26). The van der Waals surface area contributed by atoms with E-state index in [1.807, 2.05) is 0 Å². The Kier molecular flexibility index (Phi) is 6.00. The van der Waals surface area contributed by atoms with Gasteiger partial charge >= 0.3 is 0 Å². The lowest BCUT2D eigenvalue weighted by Crippen LogP contribution is -2.13. The number of nitro benzene ring substituents is 1. The van der Waals surface area contributed by atoms with E-state index in [4.69, 9.17) is 4.42 Å². The molecule has 4 rings (SSSR count). The summed E-state index contributed by atoms with van der Waals surface area (Å²) in [7, 11) is 0. The number of amides is 1. The predicted molar refractivity (Wildman–Crippen MR) is 113 cm³/mol. The second kappa shape index (κ2) is 9.02. The highest BCUT2D eigenvalue weighted by Crippen LogP contribution is 2.30. The molecule has 0 aliphatic carbocycles. The first-order valence-electron chi connectivity index (χ1n) is 8.71. The summed E-state index contributed by atoms with van der Waals surface area (Å²) in [4.78, 5) is 27.1. The van der Waals surface area contributed by atoms with Gasteiger partial charge in [-0.2, -0.15) is 0 Å². The Hall–Kier alpha value is -3.64. The van der Waals surface area contributed by atoms with Crippen LogP contribution in [0.5, 0.6) is 0 Å². The van der Waals surface area contributed by atoms with Crippen LogP contribution < -0.4 is 5.32 Å². The second-order valence-electron chi connectivity index (χ2n) is 6.03. The highest BCUT2D eigenvalue weighted by molar-refractivity contribution is 7.99. The number of nitro groups is 1. The average Bonchev–Trinajstić information content (AvgIpc) is 3.42.